The van der Waals surface area contributed by atoms with Crippen LogP contribution in [-0.4, -0.2) is 21.7 Å². The summed E-state index contributed by atoms with van der Waals surface area (Å²) < 4.78 is 0. The highest BCUT2D eigenvalue weighted by molar-refractivity contribution is 6.30. The molecule has 1 heterocycles. The van der Waals surface area contributed by atoms with Gasteiger partial charge in [-0.15, -0.1) is 0 Å². The fourth-order valence-corrected chi connectivity index (χ4v) is 2.21. The Morgan fingerprint density at radius 1 is 0.950 bits per heavy atom. The lowest BCUT2D eigenvalue weighted by Crippen LogP contribution is -1.86. The van der Waals surface area contributed by atoms with Crippen LogP contribution in [0.15, 0.2) is 48.5 Å². The summed E-state index contributed by atoms with van der Waals surface area (Å²) in [5.41, 5.74) is 3.79. The van der Waals surface area contributed by atoms with Crippen LogP contribution in [0.5, 0.6) is 0 Å². The van der Waals surface area contributed by atoms with Crippen molar-refractivity contribution in [2.75, 3.05) is 0 Å². The Hall–Kier alpha value is -2.46. The average molecular weight is 284 g/mol. The molecule has 5 heteroatoms. The number of carbonyl (C=O) groups is 1. The fourth-order valence-electron chi connectivity index (χ4n) is 2.02. The van der Waals surface area contributed by atoms with Gasteiger partial charge in [-0.2, -0.15) is 15.4 Å². The second-order valence-corrected chi connectivity index (χ2v) is 4.70. The number of carbonyl (C=O) groups excluding carboxylic acids is 1. The van der Waals surface area contributed by atoms with E-state index in [0.29, 0.717) is 22.7 Å². The third-order valence-electron chi connectivity index (χ3n) is 3.00. The molecule has 3 aromatic rings. The maximum absolute atomic E-state index is 10.9. The van der Waals surface area contributed by atoms with Crippen molar-refractivity contribution in [2.45, 2.75) is 0 Å². The Kier molecular flexibility index (Phi) is 3.31. The predicted molar refractivity (Wildman–Crippen MR) is 77.7 cm³/mol. The van der Waals surface area contributed by atoms with E-state index in [1.165, 1.54) is 0 Å². The Labute approximate surface area is 120 Å². The number of hydrogen-bond donors (Lipinski definition) is 1. The predicted octanol–water partition coefficient (Wildman–Crippen LogP) is 3.60. The molecule has 0 radical (unpaired) electrons. The summed E-state index contributed by atoms with van der Waals surface area (Å²) in [5, 5.41) is 10.9. The van der Waals surface area contributed by atoms with Crippen molar-refractivity contribution in [1.82, 2.24) is 15.4 Å². The van der Waals surface area contributed by atoms with E-state index in [-0.39, 0.29) is 0 Å². The topological polar surface area (TPSA) is 58.6 Å². The lowest BCUT2D eigenvalue weighted by atomic mass is 10.0. The van der Waals surface area contributed by atoms with Gasteiger partial charge in [-0.3, -0.25) is 4.79 Å². The van der Waals surface area contributed by atoms with Gasteiger partial charge >= 0.3 is 0 Å². The molecule has 4 nitrogen and oxygen atoms in total. The van der Waals surface area contributed by atoms with Gasteiger partial charge < -0.3 is 0 Å². The van der Waals surface area contributed by atoms with Crippen molar-refractivity contribution >= 4 is 17.9 Å². The number of nitrogens with zero attached hydrogens (tertiary/aromatic N) is 2. The van der Waals surface area contributed by atoms with Gasteiger partial charge in [0, 0.05) is 10.6 Å². The Bertz CT molecular complexity index is 750. The minimum atomic E-state index is 0.306. The first-order valence-corrected chi connectivity index (χ1v) is 6.38. The van der Waals surface area contributed by atoms with E-state index in [4.69, 9.17) is 11.6 Å². The number of H-pyrrole nitrogens is 1. The summed E-state index contributed by atoms with van der Waals surface area (Å²) >= 11 is 5.99. The maximum atomic E-state index is 10.9. The molecule has 0 saturated heterocycles. The van der Waals surface area contributed by atoms with Crippen molar-refractivity contribution in [2.24, 2.45) is 0 Å². The van der Waals surface area contributed by atoms with Crippen LogP contribution >= 0.6 is 11.6 Å². The largest absolute Gasteiger partial charge is 0.296 e. The van der Waals surface area contributed by atoms with Gasteiger partial charge in [-0.25, -0.2) is 0 Å². The van der Waals surface area contributed by atoms with E-state index >= 15 is 0 Å². The highest BCUT2D eigenvalue weighted by Crippen LogP contribution is 2.26. The van der Waals surface area contributed by atoms with Crippen LogP contribution in [0.2, 0.25) is 5.02 Å². The van der Waals surface area contributed by atoms with Gasteiger partial charge in [-0.1, -0.05) is 48.0 Å². The molecular weight excluding hydrogens is 274 g/mol. The van der Waals surface area contributed by atoms with Crippen molar-refractivity contribution in [3.8, 4) is 22.4 Å². The smallest absolute Gasteiger partial charge is 0.172 e. The highest BCUT2D eigenvalue weighted by atomic mass is 35.5. The summed E-state index contributed by atoms with van der Waals surface area (Å²) in [5.74, 6) is 0. The quantitative estimate of drug-likeness (QED) is 0.747. The molecule has 0 aliphatic carbocycles. The monoisotopic (exact) mass is 283 g/mol. The molecule has 20 heavy (non-hydrogen) atoms. The Morgan fingerprint density at radius 3 is 2.40 bits per heavy atom. The number of hydrogen-bond acceptors (Lipinski definition) is 3. The third-order valence-corrected chi connectivity index (χ3v) is 3.24. The van der Waals surface area contributed by atoms with Crippen LogP contribution in [0.3, 0.4) is 0 Å². The van der Waals surface area contributed by atoms with Crippen LogP contribution in [0.1, 0.15) is 10.5 Å². The van der Waals surface area contributed by atoms with Crippen molar-refractivity contribution in [3.05, 3.63) is 59.2 Å². The summed E-state index contributed by atoms with van der Waals surface area (Å²) in [6.45, 7) is 0. The van der Waals surface area contributed by atoms with Gasteiger partial charge in [0.05, 0.1) is 0 Å². The molecule has 1 N–H and O–H groups in total. The molecule has 0 spiro atoms. The number of rotatable bonds is 3. The number of halogens is 1. The van der Waals surface area contributed by atoms with Crippen LogP contribution in [-0.2, 0) is 0 Å². The zero-order valence-electron chi connectivity index (χ0n) is 10.4. The normalized spacial score (nSPS) is 10.4. The molecule has 0 aliphatic heterocycles. The Balaban J connectivity index is 1.98. The van der Waals surface area contributed by atoms with Crippen LogP contribution in [0.25, 0.3) is 22.4 Å². The number of aromatic nitrogens is 3. The number of nitrogens with one attached hydrogen (secondary N) is 1. The first kappa shape index (κ1) is 12.6. The molecule has 0 amide bonds. The number of aromatic amines is 1. The minimum absolute atomic E-state index is 0.306. The zero-order valence-corrected chi connectivity index (χ0v) is 11.1. The summed E-state index contributed by atoms with van der Waals surface area (Å²) in [4.78, 5) is 10.9. The van der Waals surface area contributed by atoms with E-state index in [9.17, 15) is 4.79 Å². The molecule has 0 aliphatic rings. The number of benzene rings is 2. The first-order valence-electron chi connectivity index (χ1n) is 6.00. The van der Waals surface area contributed by atoms with E-state index < -0.39 is 0 Å². The minimum Gasteiger partial charge on any atom is -0.296 e. The summed E-state index contributed by atoms with van der Waals surface area (Å²) in [6, 6.07) is 15.4. The second kappa shape index (κ2) is 5.27. The van der Waals surface area contributed by atoms with Gasteiger partial charge in [0.1, 0.15) is 5.69 Å². The molecule has 1 aromatic heterocycles. The van der Waals surface area contributed by atoms with Crippen LogP contribution in [0, 0.1) is 0 Å². The molecule has 98 valence electrons. The summed E-state index contributed by atoms with van der Waals surface area (Å²) in [7, 11) is 0. The second-order valence-electron chi connectivity index (χ2n) is 4.26. The van der Waals surface area contributed by atoms with Gasteiger partial charge in [0.2, 0.25) is 0 Å². The van der Waals surface area contributed by atoms with E-state index in [2.05, 4.69) is 15.4 Å². The maximum Gasteiger partial charge on any atom is 0.172 e. The first-order chi connectivity index (χ1) is 9.78. The fraction of sp³-hybridized carbons (Fsp3) is 0. The highest BCUT2D eigenvalue weighted by Gasteiger charge is 2.09. The SMILES string of the molecule is O=Cc1n[nH]nc1-c1ccc(-c2cccc(Cl)c2)cc1. The number of aldehydes is 1. The van der Waals surface area contributed by atoms with Crippen LogP contribution < -0.4 is 0 Å². The standard InChI is InChI=1S/C15H10ClN3O/c16-13-3-1-2-12(8-13)10-4-6-11(7-5-10)15-14(9-20)17-19-18-15/h1-9H,(H,17,18,19). The molecule has 0 fully saturated rings. The lowest BCUT2D eigenvalue weighted by molar-refractivity contribution is 0.111. The van der Waals surface area contributed by atoms with E-state index in [1.807, 2.05) is 48.5 Å². The van der Waals surface area contributed by atoms with Gasteiger partial charge in [0.15, 0.2) is 12.0 Å². The molecule has 0 atom stereocenters. The molecule has 2 aromatic carbocycles. The van der Waals surface area contributed by atoms with E-state index in [0.717, 1.165) is 16.7 Å². The molecule has 0 saturated carbocycles. The zero-order chi connectivity index (χ0) is 13.9. The van der Waals surface area contributed by atoms with Crippen molar-refractivity contribution in [1.29, 1.82) is 0 Å². The Morgan fingerprint density at radius 2 is 1.70 bits per heavy atom. The van der Waals surface area contributed by atoms with Crippen molar-refractivity contribution in [3.63, 3.8) is 0 Å². The van der Waals surface area contributed by atoms with Gasteiger partial charge in [-0.05, 0) is 23.3 Å². The molecular formula is C15H10ClN3O. The van der Waals surface area contributed by atoms with Gasteiger partial charge in [0.25, 0.3) is 0 Å². The van der Waals surface area contributed by atoms with Crippen LogP contribution in [0.4, 0.5) is 0 Å². The van der Waals surface area contributed by atoms with Crippen molar-refractivity contribution < 1.29 is 4.79 Å². The lowest BCUT2D eigenvalue weighted by Gasteiger charge is -2.03. The van der Waals surface area contributed by atoms with E-state index in [1.54, 1.807) is 0 Å². The molecule has 0 bridgehead atoms. The summed E-state index contributed by atoms with van der Waals surface area (Å²) in [6.07, 6.45) is 0.684. The third kappa shape index (κ3) is 2.33. The average Bonchev–Trinajstić information content (AvgIpc) is 2.96. The molecule has 3 rings (SSSR count). The molecule has 0 unspecified atom stereocenters.